The first kappa shape index (κ1) is 9.90. The Morgan fingerprint density at radius 3 is 2.71 bits per heavy atom. The van der Waals surface area contributed by atoms with Gasteiger partial charge in [0.2, 0.25) is 5.91 Å². The SMILES string of the molecule is NC(=S)CC(=O)NC1CC12CCCC2. The highest BCUT2D eigenvalue weighted by molar-refractivity contribution is 7.80. The summed E-state index contributed by atoms with van der Waals surface area (Å²) >= 11 is 4.69. The fourth-order valence-electron chi connectivity index (χ4n) is 2.59. The van der Waals surface area contributed by atoms with Crippen molar-refractivity contribution in [3.8, 4) is 0 Å². The van der Waals surface area contributed by atoms with Gasteiger partial charge >= 0.3 is 0 Å². The molecule has 2 fully saturated rings. The van der Waals surface area contributed by atoms with E-state index in [1.807, 2.05) is 0 Å². The first-order valence-electron chi connectivity index (χ1n) is 5.20. The number of carbonyl (C=O) groups is 1. The molecule has 2 aliphatic carbocycles. The minimum Gasteiger partial charge on any atom is -0.393 e. The molecule has 0 bridgehead atoms. The van der Waals surface area contributed by atoms with Gasteiger partial charge in [-0.25, -0.2) is 0 Å². The fraction of sp³-hybridized carbons (Fsp3) is 0.800. The van der Waals surface area contributed by atoms with Gasteiger partial charge in [0.25, 0.3) is 0 Å². The molecule has 0 radical (unpaired) electrons. The summed E-state index contributed by atoms with van der Waals surface area (Å²) in [6.45, 7) is 0. The molecule has 1 spiro atoms. The minimum absolute atomic E-state index is 0.00808. The Kier molecular flexibility index (Phi) is 2.47. The fourth-order valence-corrected chi connectivity index (χ4v) is 2.72. The first-order valence-corrected chi connectivity index (χ1v) is 5.61. The molecular weight excluding hydrogens is 196 g/mol. The summed E-state index contributed by atoms with van der Waals surface area (Å²) in [5.74, 6) is -0.00808. The molecule has 2 rings (SSSR count). The molecule has 3 N–H and O–H groups in total. The summed E-state index contributed by atoms with van der Waals surface area (Å²) in [5, 5.41) is 3.01. The van der Waals surface area contributed by atoms with Crippen molar-refractivity contribution in [1.82, 2.24) is 5.32 Å². The molecule has 1 amide bonds. The third-order valence-corrected chi connectivity index (χ3v) is 3.60. The third kappa shape index (κ3) is 1.90. The quantitative estimate of drug-likeness (QED) is 0.689. The Morgan fingerprint density at radius 2 is 2.14 bits per heavy atom. The van der Waals surface area contributed by atoms with Crippen LogP contribution in [0.4, 0.5) is 0 Å². The van der Waals surface area contributed by atoms with Crippen LogP contribution in [-0.4, -0.2) is 16.9 Å². The van der Waals surface area contributed by atoms with Gasteiger partial charge in [0, 0.05) is 6.04 Å². The lowest BCUT2D eigenvalue weighted by Gasteiger charge is -2.09. The second-order valence-corrected chi connectivity index (χ2v) is 5.06. The largest absolute Gasteiger partial charge is 0.393 e. The van der Waals surface area contributed by atoms with E-state index in [9.17, 15) is 4.79 Å². The number of hydrogen-bond donors (Lipinski definition) is 2. The lowest BCUT2D eigenvalue weighted by atomic mass is 10.1. The number of thiocarbonyl (C=S) groups is 1. The van der Waals surface area contributed by atoms with Crippen molar-refractivity contribution in [2.24, 2.45) is 11.1 Å². The summed E-state index contributed by atoms with van der Waals surface area (Å²) in [5.41, 5.74) is 5.77. The smallest absolute Gasteiger partial charge is 0.227 e. The van der Waals surface area contributed by atoms with Crippen molar-refractivity contribution >= 4 is 23.1 Å². The Morgan fingerprint density at radius 1 is 1.50 bits per heavy atom. The molecule has 1 atom stereocenters. The van der Waals surface area contributed by atoms with E-state index >= 15 is 0 Å². The molecule has 78 valence electrons. The van der Waals surface area contributed by atoms with Crippen molar-refractivity contribution in [2.75, 3.05) is 0 Å². The molecule has 4 heteroatoms. The molecule has 0 aromatic carbocycles. The molecule has 1 unspecified atom stereocenters. The van der Waals surface area contributed by atoms with Crippen molar-refractivity contribution < 1.29 is 4.79 Å². The highest BCUT2D eigenvalue weighted by Crippen LogP contribution is 2.57. The Hall–Kier alpha value is -0.640. The monoisotopic (exact) mass is 212 g/mol. The number of carbonyl (C=O) groups excluding carboxylic acids is 1. The summed E-state index contributed by atoms with van der Waals surface area (Å²) < 4.78 is 0. The predicted octanol–water partition coefficient (Wildman–Crippen LogP) is 1.11. The lowest BCUT2D eigenvalue weighted by Crippen LogP contribution is -2.31. The molecule has 2 aliphatic rings. The topological polar surface area (TPSA) is 55.1 Å². The van der Waals surface area contributed by atoms with E-state index in [2.05, 4.69) is 17.5 Å². The number of nitrogens with one attached hydrogen (secondary N) is 1. The van der Waals surface area contributed by atoms with Crippen LogP contribution >= 0.6 is 12.2 Å². The minimum atomic E-state index is -0.00808. The number of hydrogen-bond acceptors (Lipinski definition) is 2. The Labute approximate surface area is 89.4 Å². The van der Waals surface area contributed by atoms with Crippen LogP contribution in [-0.2, 0) is 4.79 Å². The maximum absolute atomic E-state index is 11.4. The second kappa shape index (κ2) is 3.50. The summed E-state index contributed by atoms with van der Waals surface area (Å²) in [6.07, 6.45) is 6.57. The normalized spacial score (nSPS) is 27.6. The molecule has 0 aromatic heterocycles. The van der Waals surface area contributed by atoms with Crippen LogP contribution in [0, 0.1) is 5.41 Å². The molecule has 2 saturated carbocycles. The lowest BCUT2D eigenvalue weighted by molar-refractivity contribution is -0.120. The number of amides is 1. The molecule has 0 aliphatic heterocycles. The van der Waals surface area contributed by atoms with Crippen molar-refractivity contribution in [3.05, 3.63) is 0 Å². The standard InChI is InChI=1S/C10H16N2OS/c11-8(14)5-9(13)12-7-6-10(7)3-1-2-4-10/h7H,1-6H2,(H2,11,14)(H,12,13). The van der Waals surface area contributed by atoms with E-state index in [0.29, 0.717) is 11.5 Å². The second-order valence-electron chi connectivity index (χ2n) is 4.54. The zero-order chi connectivity index (χ0) is 10.2. The van der Waals surface area contributed by atoms with Gasteiger partial charge in [0.05, 0.1) is 11.4 Å². The number of rotatable bonds is 3. The van der Waals surface area contributed by atoms with Gasteiger partial charge in [-0.2, -0.15) is 0 Å². The van der Waals surface area contributed by atoms with Crippen LogP contribution in [0.15, 0.2) is 0 Å². The molecule has 14 heavy (non-hydrogen) atoms. The van der Waals surface area contributed by atoms with E-state index < -0.39 is 0 Å². The van der Waals surface area contributed by atoms with Gasteiger partial charge in [-0.15, -0.1) is 0 Å². The molecular formula is C10H16N2OS. The van der Waals surface area contributed by atoms with Crippen molar-refractivity contribution in [3.63, 3.8) is 0 Å². The van der Waals surface area contributed by atoms with Gasteiger partial charge in [-0.1, -0.05) is 25.1 Å². The molecule has 0 saturated heterocycles. The van der Waals surface area contributed by atoms with Crippen LogP contribution in [0.5, 0.6) is 0 Å². The summed E-state index contributed by atoms with van der Waals surface area (Å²) in [6, 6.07) is 0.409. The van der Waals surface area contributed by atoms with Crippen LogP contribution in [0.1, 0.15) is 38.5 Å². The van der Waals surface area contributed by atoms with E-state index in [-0.39, 0.29) is 17.3 Å². The van der Waals surface area contributed by atoms with Crippen LogP contribution in [0.25, 0.3) is 0 Å². The Balaban J connectivity index is 1.78. The third-order valence-electron chi connectivity index (χ3n) is 3.46. The van der Waals surface area contributed by atoms with Crippen LogP contribution < -0.4 is 11.1 Å². The molecule has 0 aromatic rings. The van der Waals surface area contributed by atoms with E-state index in [1.54, 1.807) is 0 Å². The highest BCUT2D eigenvalue weighted by Gasteiger charge is 2.55. The van der Waals surface area contributed by atoms with Gasteiger partial charge in [-0.3, -0.25) is 4.79 Å². The van der Waals surface area contributed by atoms with Gasteiger partial charge in [0.1, 0.15) is 0 Å². The summed E-state index contributed by atoms with van der Waals surface area (Å²) in [4.78, 5) is 11.6. The van der Waals surface area contributed by atoms with Crippen molar-refractivity contribution in [2.45, 2.75) is 44.6 Å². The average Bonchev–Trinajstić information content (AvgIpc) is 2.56. The predicted molar refractivity (Wildman–Crippen MR) is 58.9 cm³/mol. The van der Waals surface area contributed by atoms with Gasteiger partial charge in [0.15, 0.2) is 0 Å². The first-order chi connectivity index (χ1) is 6.62. The summed E-state index contributed by atoms with van der Waals surface area (Å²) in [7, 11) is 0. The maximum Gasteiger partial charge on any atom is 0.227 e. The van der Waals surface area contributed by atoms with E-state index in [4.69, 9.17) is 5.73 Å². The van der Waals surface area contributed by atoms with Gasteiger partial charge in [-0.05, 0) is 24.7 Å². The van der Waals surface area contributed by atoms with E-state index in [0.717, 1.165) is 6.42 Å². The molecule has 3 nitrogen and oxygen atoms in total. The van der Waals surface area contributed by atoms with Crippen molar-refractivity contribution in [1.29, 1.82) is 0 Å². The van der Waals surface area contributed by atoms with E-state index in [1.165, 1.54) is 25.7 Å². The van der Waals surface area contributed by atoms with Gasteiger partial charge < -0.3 is 11.1 Å². The van der Waals surface area contributed by atoms with Crippen LogP contribution in [0.3, 0.4) is 0 Å². The Bertz CT molecular complexity index is 271. The van der Waals surface area contributed by atoms with Crippen LogP contribution in [0.2, 0.25) is 0 Å². The maximum atomic E-state index is 11.4. The average molecular weight is 212 g/mol. The highest BCUT2D eigenvalue weighted by atomic mass is 32.1. The number of nitrogens with two attached hydrogens (primary N) is 1. The molecule has 0 heterocycles. The zero-order valence-corrected chi connectivity index (χ0v) is 9.03. The zero-order valence-electron chi connectivity index (χ0n) is 8.21.